The molecule has 0 saturated heterocycles. The molecule has 1 aromatic heterocycles. The Morgan fingerprint density at radius 3 is 2.42 bits per heavy atom. The van der Waals surface area contributed by atoms with Crippen LogP contribution in [0.1, 0.15) is 63.3 Å². The lowest BCUT2D eigenvalue weighted by Crippen LogP contribution is -2.31. The number of allylic oxidation sites excluding steroid dienone is 3. The Balaban J connectivity index is 1.65. The molecule has 1 aliphatic heterocycles. The Morgan fingerprint density at radius 2 is 1.76 bits per heavy atom. The minimum absolute atomic E-state index is 0.0624. The molecule has 1 aliphatic rings. The van der Waals surface area contributed by atoms with Crippen LogP contribution >= 0.6 is 0 Å². The molecule has 0 radical (unpaired) electrons. The predicted molar refractivity (Wildman–Crippen MR) is 218 cm³/mol. The lowest BCUT2D eigenvalue weighted by molar-refractivity contribution is -0.121. The number of carbonyl (C=O) groups excluding carboxylic acids is 1. The third-order valence-corrected chi connectivity index (χ3v) is 11.9. The van der Waals surface area contributed by atoms with Crippen molar-refractivity contribution in [3.8, 4) is 11.1 Å². The lowest BCUT2D eigenvalue weighted by atomic mass is 9.77. The first-order valence-corrected chi connectivity index (χ1v) is 21.5. The highest BCUT2D eigenvalue weighted by Gasteiger charge is 2.43. The first-order chi connectivity index (χ1) is 26.1. The van der Waals surface area contributed by atoms with Crippen LogP contribution in [0.4, 0.5) is 11.4 Å². The number of anilines is 2. The summed E-state index contributed by atoms with van der Waals surface area (Å²) in [5.74, 6) is -0.0448. The van der Waals surface area contributed by atoms with Crippen LogP contribution in [0, 0.1) is 6.92 Å². The molecule has 14 heteroatoms. The van der Waals surface area contributed by atoms with E-state index < -0.39 is 36.3 Å². The third-order valence-electron chi connectivity index (χ3n) is 10.2. The topological polar surface area (TPSA) is 184 Å². The molecule has 0 fully saturated rings. The summed E-state index contributed by atoms with van der Waals surface area (Å²) in [7, 11) is -9.07. The zero-order valence-corrected chi connectivity index (χ0v) is 33.4. The molecule has 0 spiro atoms. The zero-order valence-electron chi connectivity index (χ0n) is 31.7. The number of hydrogen-bond acceptors (Lipinski definition) is 9. The van der Waals surface area contributed by atoms with Crippen LogP contribution in [-0.4, -0.2) is 70.3 Å². The third kappa shape index (κ3) is 9.62. The summed E-state index contributed by atoms with van der Waals surface area (Å²) >= 11 is 0. The van der Waals surface area contributed by atoms with E-state index in [1.165, 1.54) is 12.1 Å². The minimum atomic E-state index is -4.81. The fourth-order valence-electron chi connectivity index (χ4n) is 7.47. The lowest BCUT2D eigenvalue weighted by Gasteiger charge is -2.30. The van der Waals surface area contributed by atoms with Crippen LogP contribution < -0.4 is 20.9 Å². The summed E-state index contributed by atoms with van der Waals surface area (Å²) in [6.45, 7) is 10.6. The van der Waals surface area contributed by atoms with E-state index in [1.807, 2.05) is 55.2 Å². The molecule has 3 aromatic carbocycles. The smallest absolute Gasteiger partial charge is 0.363 e. The second-order valence-corrected chi connectivity index (χ2v) is 16.8. The summed E-state index contributed by atoms with van der Waals surface area (Å²) in [6.07, 6.45) is 6.63. The van der Waals surface area contributed by atoms with Crippen molar-refractivity contribution >= 4 is 54.6 Å². The maximum absolute atomic E-state index is 12.6. The van der Waals surface area contributed by atoms with Gasteiger partial charge in [-0.05, 0) is 94.5 Å². The van der Waals surface area contributed by atoms with Crippen molar-refractivity contribution < 1.29 is 35.2 Å². The minimum Gasteiger partial charge on any atom is -0.744 e. The molecule has 55 heavy (non-hydrogen) atoms. The Bertz CT molecular complexity index is 2310. The number of nitrogens with one attached hydrogen (secondary N) is 1. The van der Waals surface area contributed by atoms with Crippen LogP contribution in [0.5, 0.6) is 0 Å². The Morgan fingerprint density at radius 1 is 1.04 bits per heavy atom. The number of benzene rings is 3. The summed E-state index contributed by atoms with van der Waals surface area (Å²) in [5.41, 5.74) is 11.2. The Hall–Kier alpha value is -4.60. The average Bonchev–Trinajstić information content (AvgIpc) is 3.37. The highest BCUT2D eigenvalue weighted by atomic mass is 32.2. The van der Waals surface area contributed by atoms with Gasteiger partial charge >= 0.3 is 11.3 Å². The molecule has 4 N–H and O–H groups in total. The van der Waals surface area contributed by atoms with E-state index in [0.29, 0.717) is 54.2 Å². The van der Waals surface area contributed by atoms with Gasteiger partial charge in [-0.1, -0.05) is 36.4 Å². The second kappa shape index (κ2) is 17.5. The molecular weight excluding hydrogens is 741 g/mol. The van der Waals surface area contributed by atoms with E-state index in [-0.39, 0.29) is 25.3 Å². The standard InChI is InChI=1S/C41H50N4O8S2/c1-5-44(6-2)31-18-20-33-37(27-31)53-36(29(3)40(33)30-13-8-7-9-14-30)15-10-16-38-41(4,22-11-17-39(46)43-24-23-42)34-28-32(55(50,51)52)19-21-35(34)45(38)25-12-26-54(47,48)49/h7-10,13-16,18-21,27-28H,5-6,11-12,17,22-26,42H2,1-4H3,(H2-,43,46,47,48,49,50,51,52)/b15-10+,38-16-. The van der Waals surface area contributed by atoms with Crippen molar-refractivity contribution in [2.75, 3.05) is 48.3 Å². The number of carbonyl (C=O) groups is 1. The van der Waals surface area contributed by atoms with Gasteiger partial charge in [-0.2, -0.15) is 8.42 Å². The largest absolute Gasteiger partial charge is 0.744 e. The van der Waals surface area contributed by atoms with Gasteiger partial charge in [-0.3, -0.25) is 9.35 Å². The monoisotopic (exact) mass is 790 g/mol. The first kappa shape index (κ1) is 41.6. The Labute approximate surface area is 324 Å². The van der Waals surface area contributed by atoms with Crippen molar-refractivity contribution in [1.82, 2.24) is 5.32 Å². The highest BCUT2D eigenvalue weighted by Crippen LogP contribution is 2.51. The quantitative estimate of drug-likeness (QED) is 0.0770. The maximum atomic E-state index is 12.6. The van der Waals surface area contributed by atoms with E-state index in [0.717, 1.165) is 40.9 Å². The van der Waals surface area contributed by atoms with Gasteiger partial charge < -0.3 is 25.4 Å². The van der Waals surface area contributed by atoms with Gasteiger partial charge in [0.25, 0.3) is 10.1 Å². The van der Waals surface area contributed by atoms with Crippen LogP contribution in [0.3, 0.4) is 0 Å². The molecular formula is C41H50N4O8S2. The van der Waals surface area contributed by atoms with Gasteiger partial charge in [0.1, 0.15) is 10.1 Å². The molecule has 0 bridgehead atoms. The number of nitrogens with two attached hydrogens (primary N) is 1. The number of hydrogen-bond donors (Lipinski definition) is 3. The molecule has 1 amide bonds. The Kier molecular flexibility index (Phi) is 13.2. The van der Waals surface area contributed by atoms with Gasteiger partial charge in [-0.15, -0.1) is 0 Å². The zero-order chi connectivity index (χ0) is 40.0. The molecule has 1 atom stereocenters. The van der Waals surface area contributed by atoms with Gasteiger partial charge in [-0.25, -0.2) is 12.8 Å². The molecule has 5 rings (SSSR count). The van der Waals surface area contributed by atoms with Crippen molar-refractivity contribution in [2.24, 2.45) is 5.73 Å². The van der Waals surface area contributed by atoms with E-state index in [2.05, 4.69) is 54.4 Å². The molecule has 294 valence electrons. The molecule has 1 unspecified atom stereocenters. The summed E-state index contributed by atoms with van der Waals surface area (Å²) in [4.78, 5) is 16.3. The van der Waals surface area contributed by atoms with Crippen molar-refractivity contribution in [2.45, 2.75) is 63.7 Å². The normalized spacial score (nSPS) is 16.6. The van der Waals surface area contributed by atoms with Crippen LogP contribution in [-0.2, 0) is 30.4 Å². The fraction of sp³-hybridized carbons (Fsp3) is 0.366. The van der Waals surface area contributed by atoms with Gasteiger partial charge in [0.05, 0.1) is 27.7 Å². The number of amides is 1. The van der Waals surface area contributed by atoms with E-state index in [4.69, 9.17) is 10.2 Å². The fourth-order valence-corrected chi connectivity index (χ4v) is 8.46. The van der Waals surface area contributed by atoms with Gasteiger partial charge in [0.2, 0.25) is 5.91 Å². The highest BCUT2D eigenvalue weighted by molar-refractivity contribution is 7.86. The van der Waals surface area contributed by atoms with E-state index >= 15 is 0 Å². The van der Waals surface area contributed by atoms with Crippen LogP contribution in [0.2, 0.25) is 0 Å². The number of rotatable bonds is 17. The van der Waals surface area contributed by atoms with Crippen molar-refractivity contribution in [3.05, 3.63) is 101 Å². The van der Waals surface area contributed by atoms with Gasteiger partial charge in [0.15, 0.2) is 0 Å². The molecule has 4 aromatic rings. The predicted octanol–water partition coefficient (Wildman–Crippen LogP) is 6.64. The molecule has 0 aliphatic carbocycles. The SMILES string of the molecule is CCN(CC)c1ccc2c(-c3ccccc3)c(C)c(/C=C/C=C3\N(CCCS(=O)(=O)O)c4ccc(S(=O)(=O)[O-])cc4C3(C)CCCC(=O)NCCN)[o+]c2c1. The maximum Gasteiger partial charge on any atom is 0.363 e. The van der Waals surface area contributed by atoms with Crippen molar-refractivity contribution in [3.63, 3.8) is 0 Å². The molecule has 2 heterocycles. The number of nitrogens with zero attached hydrogens (tertiary/aromatic N) is 2. The summed E-state index contributed by atoms with van der Waals surface area (Å²) < 4.78 is 76.2. The second-order valence-electron chi connectivity index (χ2n) is 13.8. The average molecular weight is 791 g/mol. The summed E-state index contributed by atoms with van der Waals surface area (Å²) in [6, 6.07) is 20.5. The van der Waals surface area contributed by atoms with Gasteiger partial charge in [0, 0.05) is 73.3 Å². The molecule has 12 nitrogen and oxygen atoms in total. The first-order valence-electron chi connectivity index (χ1n) is 18.5. The van der Waals surface area contributed by atoms with Crippen molar-refractivity contribution in [1.29, 1.82) is 0 Å². The van der Waals surface area contributed by atoms with E-state index in [9.17, 15) is 30.7 Å². The van der Waals surface area contributed by atoms with E-state index in [1.54, 1.807) is 6.07 Å². The van der Waals surface area contributed by atoms with Crippen LogP contribution in [0.25, 0.3) is 28.2 Å². The summed E-state index contributed by atoms with van der Waals surface area (Å²) in [5, 5.41) is 3.74. The van der Waals surface area contributed by atoms with Crippen LogP contribution in [0.15, 0.2) is 93.9 Å². The number of fused-ring (bicyclic) bond motifs is 2. The molecule has 0 saturated carbocycles.